The Morgan fingerprint density at radius 1 is 1.19 bits per heavy atom. The van der Waals surface area contributed by atoms with E-state index in [1.165, 1.54) is 29.7 Å². The highest BCUT2D eigenvalue weighted by Crippen LogP contribution is 2.36. The molecule has 1 aromatic heterocycles. The Hall–Kier alpha value is -2.87. The fraction of sp³-hybridized carbons (Fsp3) is 0.158. The number of nitrogens with one attached hydrogen (secondary N) is 1. The van der Waals surface area contributed by atoms with E-state index in [0.717, 1.165) is 17.3 Å². The molecule has 0 aliphatic rings. The second-order valence-electron chi connectivity index (χ2n) is 5.46. The largest absolute Gasteiger partial charge is 0.493 e. The summed E-state index contributed by atoms with van der Waals surface area (Å²) in [5.74, 6) is -0.192. The van der Waals surface area contributed by atoms with Gasteiger partial charge in [-0.05, 0) is 30.7 Å². The Morgan fingerprint density at radius 2 is 1.96 bits per heavy atom. The van der Waals surface area contributed by atoms with Gasteiger partial charge in [0, 0.05) is 10.9 Å². The van der Waals surface area contributed by atoms with Crippen LogP contribution in [0.5, 0.6) is 5.75 Å². The molecule has 0 aliphatic carbocycles. The summed E-state index contributed by atoms with van der Waals surface area (Å²) in [7, 11) is 0. The maximum atomic E-state index is 13.2. The molecule has 0 unspecified atom stereocenters. The lowest BCUT2D eigenvalue weighted by molar-refractivity contribution is -0.138. The zero-order chi connectivity index (χ0) is 19.3. The fourth-order valence-electron chi connectivity index (χ4n) is 2.36. The highest BCUT2D eigenvalue weighted by molar-refractivity contribution is 7.14. The Balaban J connectivity index is 1.72. The van der Waals surface area contributed by atoms with Crippen molar-refractivity contribution in [2.75, 3.05) is 12.0 Å². The Labute approximate surface area is 158 Å². The second kappa shape index (κ2) is 8.22. The van der Waals surface area contributed by atoms with Crippen LogP contribution in [0.2, 0.25) is 0 Å². The normalized spacial score (nSPS) is 11.7. The van der Waals surface area contributed by atoms with E-state index in [4.69, 9.17) is 4.74 Å². The second-order valence-corrected chi connectivity index (χ2v) is 6.32. The van der Waals surface area contributed by atoms with Crippen molar-refractivity contribution in [1.29, 1.82) is 0 Å². The minimum atomic E-state index is -4.50. The van der Waals surface area contributed by atoms with Gasteiger partial charge in [-0.3, -0.25) is 5.43 Å². The first-order valence-corrected chi connectivity index (χ1v) is 8.99. The molecule has 0 amide bonds. The third kappa shape index (κ3) is 4.85. The summed E-state index contributed by atoms with van der Waals surface area (Å²) in [6.45, 7) is 1.79. The van der Waals surface area contributed by atoms with Crippen molar-refractivity contribution in [1.82, 2.24) is 4.98 Å². The van der Waals surface area contributed by atoms with Crippen molar-refractivity contribution in [2.24, 2.45) is 5.10 Å². The smallest absolute Gasteiger partial charge is 0.419 e. The monoisotopic (exact) mass is 391 g/mol. The Kier molecular flexibility index (Phi) is 5.75. The molecule has 0 aliphatic heterocycles. The third-order valence-electron chi connectivity index (χ3n) is 3.56. The molecule has 0 atom stereocenters. The van der Waals surface area contributed by atoms with E-state index >= 15 is 0 Å². The minimum absolute atomic E-state index is 0.159. The van der Waals surface area contributed by atoms with Crippen molar-refractivity contribution in [3.05, 3.63) is 65.0 Å². The van der Waals surface area contributed by atoms with Crippen LogP contribution in [-0.4, -0.2) is 17.8 Å². The molecule has 0 radical (unpaired) electrons. The Morgan fingerprint density at radius 3 is 2.67 bits per heavy atom. The Bertz CT molecular complexity index is 923. The summed E-state index contributed by atoms with van der Waals surface area (Å²) in [6.07, 6.45) is -3.18. The van der Waals surface area contributed by atoms with Gasteiger partial charge in [0.05, 0.1) is 24.1 Å². The predicted molar refractivity (Wildman–Crippen MR) is 101 cm³/mol. The zero-order valence-corrected chi connectivity index (χ0v) is 15.1. The van der Waals surface area contributed by atoms with E-state index in [1.54, 1.807) is 6.92 Å². The number of aromatic nitrogens is 1. The minimum Gasteiger partial charge on any atom is -0.493 e. The molecule has 27 heavy (non-hydrogen) atoms. The summed E-state index contributed by atoms with van der Waals surface area (Å²) in [6, 6.07) is 13.5. The van der Waals surface area contributed by atoms with Gasteiger partial charge in [-0.2, -0.15) is 18.3 Å². The van der Waals surface area contributed by atoms with Crippen LogP contribution >= 0.6 is 11.3 Å². The molecule has 140 valence electrons. The van der Waals surface area contributed by atoms with Crippen LogP contribution in [0.4, 0.5) is 18.3 Å². The van der Waals surface area contributed by atoms with Crippen molar-refractivity contribution < 1.29 is 17.9 Å². The third-order valence-corrected chi connectivity index (χ3v) is 4.30. The number of ether oxygens (including phenoxy) is 1. The molecule has 1 N–H and O–H groups in total. The van der Waals surface area contributed by atoms with Crippen LogP contribution in [0.25, 0.3) is 11.3 Å². The lowest BCUT2D eigenvalue weighted by Gasteiger charge is -2.13. The van der Waals surface area contributed by atoms with E-state index in [1.807, 2.05) is 35.7 Å². The maximum absolute atomic E-state index is 13.2. The number of hydrogen-bond donors (Lipinski definition) is 1. The number of thiazole rings is 1. The van der Waals surface area contributed by atoms with Gasteiger partial charge in [-0.15, -0.1) is 11.3 Å². The van der Waals surface area contributed by atoms with Gasteiger partial charge in [0.25, 0.3) is 0 Å². The average molecular weight is 391 g/mol. The molecule has 0 spiro atoms. The van der Waals surface area contributed by atoms with Crippen LogP contribution in [0.1, 0.15) is 18.1 Å². The molecule has 0 saturated carbocycles. The summed E-state index contributed by atoms with van der Waals surface area (Å²) < 4.78 is 44.5. The number of halogens is 3. The number of rotatable bonds is 6. The first-order chi connectivity index (χ1) is 13.0. The number of hydrogen-bond acceptors (Lipinski definition) is 5. The zero-order valence-electron chi connectivity index (χ0n) is 14.3. The van der Waals surface area contributed by atoms with Crippen LogP contribution in [0.3, 0.4) is 0 Å². The SMILES string of the molecule is CCOc1ccc(C=NNc2nc(-c3ccccc3)cs2)cc1C(F)(F)F. The van der Waals surface area contributed by atoms with E-state index in [0.29, 0.717) is 10.7 Å². The number of benzene rings is 2. The highest BCUT2D eigenvalue weighted by Gasteiger charge is 2.34. The van der Waals surface area contributed by atoms with Crippen molar-refractivity contribution >= 4 is 22.7 Å². The standard InChI is InChI=1S/C19H16F3N3OS/c1-2-26-17-9-8-13(10-15(17)19(20,21)22)11-23-25-18-24-16(12-27-18)14-6-4-3-5-7-14/h3-12H,2H2,1H3,(H,24,25). The molecule has 0 saturated heterocycles. The van der Waals surface area contributed by atoms with Gasteiger partial charge >= 0.3 is 6.18 Å². The molecule has 3 aromatic rings. The van der Waals surface area contributed by atoms with Crippen LogP contribution in [0, 0.1) is 0 Å². The highest BCUT2D eigenvalue weighted by atomic mass is 32.1. The van der Waals surface area contributed by atoms with E-state index in [9.17, 15) is 13.2 Å². The summed E-state index contributed by atoms with van der Waals surface area (Å²) in [5.41, 5.74) is 4.01. The van der Waals surface area contributed by atoms with E-state index in [-0.39, 0.29) is 12.4 Å². The first kappa shape index (κ1) is 18.9. The van der Waals surface area contributed by atoms with Crippen LogP contribution < -0.4 is 10.2 Å². The van der Waals surface area contributed by atoms with Crippen LogP contribution in [0.15, 0.2) is 59.0 Å². The summed E-state index contributed by atoms with van der Waals surface area (Å²) in [4.78, 5) is 4.40. The van der Waals surface area contributed by atoms with Crippen LogP contribution in [-0.2, 0) is 6.18 Å². The molecule has 3 rings (SSSR count). The number of hydrazone groups is 1. The first-order valence-electron chi connectivity index (χ1n) is 8.11. The number of nitrogens with zero attached hydrogens (tertiary/aromatic N) is 2. The molecule has 0 fully saturated rings. The summed E-state index contributed by atoms with van der Waals surface area (Å²) >= 11 is 1.36. The molecule has 8 heteroatoms. The van der Waals surface area contributed by atoms with Crippen molar-refractivity contribution in [3.63, 3.8) is 0 Å². The van der Waals surface area contributed by atoms with Gasteiger partial charge in [0.15, 0.2) is 0 Å². The molecule has 4 nitrogen and oxygen atoms in total. The van der Waals surface area contributed by atoms with Gasteiger partial charge in [0.1, 0.15) is 5.75 Å². The molecule has 2 aromatic carbocycles. The van der Waals surface area contributed by atoms with Crippen molar-refractivity contribution in [3.8, 4) is 17.0 Å². The van der Waals surface area contributed by atoms with Crippen molar-refractivity contribution in [2.45, 2.75) is 13.1 Å². The lowest BCUT2D eigenvalue weighted by Crippen LogP contribution is -2.09. The average Bonchev–Trinajstić information content (AvgIpc) is 3.12. The number of alkyl halides is 3. The number of anilines is 1. The maximum Gasteiger partial charge on any atom is 0.419 e. The van der Waals surface area contributed by atoms with E-state index < -0.39 is 11.7 Å². The molecule has 1 heterocycles. The van der Waals surface area contributed by atoms with Gasteiger partial charge < -0.3 is 4.74 Å². The fourth-order valence-corrected chi connectivity index (χ4v) is 3.03. The molecular weight excluding hydrogens is 375 g/mol. The van der Waals surface area contributed by atoms with Gasteiger partial charge in [-0.25, -0.2) is 4.98 Å². The topological polar surface area (TPSA) is 46.5 Å². The quantitative estimate of drug-likeness (QED) is 0.435. The van der Waals surface area contributed by atoms with Gasteiger partial charge in [-0.1, -0.05) is 30.3 Å². The lowest BCUT2D eigenvalue weighted by atomic mass is 10.1. The predicted octanol–water partition coefficient (Wildman–Crippen LogP) is 5.67. The summed E-state index contributed by atoms with van der Waals surface area (Å²) in [5, 5.41) is 6.41. The molecular formula is C19H16F3N3OS. The molecule has 0 bridgehead atoms. The van der Waals surface area contributed by atoms with E-state index in [2.05, 4.69) is 15.5 Å². The van der Waals surface area contributed by atoms with Gasteiger partial charge in [0.2, 0.25) is 5.13 Å².